The van der Waals surface area contributed by atoms with Crippen LogP contribution in [0, 0.1) is 10.1 Å². The van der Waals surface area contributed by atoms with Gasteiger partial charge in [-0.3, -0.25) is 14.9 Å². The zero-order valence-electron chi connectivity index (χ0n) is 10.2. The van der Waals surface area contributed by atoms with Crippen molar-refractivity contribution in [3.63, 3.8) is 0 Å². The van der Waals surface area contributed by atoms with E-state index >= 15 is 0 Å². The van der Waals surface area contributed by atoms with Gasteiger partial charge >= 0.3 is 0 Å². The molecule has 0 saturated heterocycles. The van der Waals surface area contributed by atoms with Crippen LogP contribution in [-0.2, 0) is 0 Å². The van der Waals surface area contributed by atoms with Crippen molar-refractivity contribution in [2.24, 2.45) is 0 Å². The van der Waals surface area contributed by atoms with Gasteiger partial charge in [-0.15, -0.1) is 0 Å². The number of fused-ring (bicyclic) bond motifs is 1. The molecule has 0 saturated carbocycles. The van der Waals surface area contributed by atoms with Gasteiger partial charge in [-0.05, 0) is 12.5 Å². The van der Waals surface area contributed by atoms with Crippen LogP contribution in [-0.4, -0.2) is 32.3 Å². The molecule has 0 spiro atoms. The highest BCUT2D eigenvalue weighted by atomic mass is 16.6. The van der Waals surface area contributed by atoms with E-state index in [2.05, 4.69) is 10.3 Å². The molecule has 0 aliphatic heterocycles. The number of nitrogens with one attached hydrogen (secondary N) is 1. The van der Waals surface area contributed by atoms with Crippen LogP contribution in [0.1, 0.15) is 24.0 Å². The summed E-state index contributed by atoms with van der Waals surface area (Å²) in [6.07, 6.45) is 0.753. The van der Waals surface area contributed by atoms with Gasteiger partial charge in [0.2, 0.25) is 5.82 Å². The number of imidazole rings is 1. The van der Waals surface area contributed by atoms with E-state index < -0.39 is 10.8 Å². The molecule has 0 atom stereocenters. The van der Waals surface area contributed by atoms with Crippen LogP contribution in [0.5, 0.6) is 0 Å². The van der Waals surface area contributed by atoms with Crippen LogP contribution >= 0.6 is 0 Å². The van der Waals surface area contributed by atoms with E-state index in [0.717, 1.165) is 6.42 Å². The number of hydrogen-bond donors (Lipinski definition) is 2. The van der Waals surface area contributed by atoms with Crippen molar-refractivity contribution < 1.29 is 14.9 Å². The number of nitro benzene ring substituents is 1. The molecule has 0 radical (unpaired) electrons. The maximum absolute atomic E-state index is 11.7. The molecule has 0 aliphatic rings. The SMILES string of the molecule is CCCNC(=O)c1nc2ccc([N+](=O)[O-])cc2n1O. The smallest absolute Gasteiger partial charge is 0.290 e. The Kier molecular flexibility index (Phi) is 3.32. The molecule has 1 heterocycles. The van der Waals surface area contributed by atoms with Gasteiger partial charge in [0.05, 0.1) is 10.4 Å². The van der Waals surface area contributed by atoms with E-state index in [1.165, 1.54) is 18.2 Å². The van der Waals surface area contributed by atoms with Crippen LogP contribution in [0.2, 0.25) is 0 Å². The average Bonchev–Trinajstić information content (AvgIpc) is 2.73. The molecule has 0 fully saturated rings. The molecule has 8 nitrogen and oxygen atoms in total. The number of nitrogens with zero attached hydrogens (tertiary/aromatic N) is 3. The average molecular weight is 264 g/mol. The van der Waals surface area contributed by atoms with Crippen LogP contribution in [0.25, 0.3) is 11.0 Å². The molecular formula is C11H12N4O4. The van der Waals surface area contributed by atoms with Crippen molar-refractivity contribution in [2.75, 3.05) is 6.54 Å². The summed E-state index contributed by atoms with van der Waals surface area (Å²) < 4.78 is 0.563. The maximum atomic E-state index is 11.7. The number of non-ortho nitro benzene ring substituents is 1. The Morgan fingerprint density at radius 3 is 2.95 bits per heavy atom. The van der Waals surface area contributed by atoms with Crippen LogP contribution in [0.15, 0.2) is 18.2 Å². The number of aromatic nitrogens is 2. The highest BCUT2D eigenvalue weighted by Crippen LogP contribution is 2.20. The summed E-state index contributed by atoms with van der Waals surface area (Å²) in [6, 6.07) is 3.82. The molecule has 0 aliphatic carbocycles. The molecule has 8 heteroatoms. The predicted octanol–water partition coefficient (Wildman–Crippen LogP) is 1.32. The predicted molar refractivity (Wildman–Crippen MR) is 66.2 cm³/mol. The van der Waals surface area contributed by atoms with Gasteiger partial charge < -0.3 is 10.5 Å². The van der Waals surface area contributed by atoms with Gasteiger partial charge in [-0.2, -0.15) is 4.73 Å². The Morgan fingerprint density at radius 2 is 2.32 bits per heavy atom. The zero-order valence-corrected chi connectivity index (χ0v) is 10.2. The Hall–Kier alpha value is -2.64. The number of amides is 1. The second kappa shape index (κ2) is 4.92. The number of carbonyl (C=O) groups excluding carboxylic acids is 1. The standard InChI is InChI=1S/C11H12N4O4/c1-2-5-12-11(16)10-13-8-4-3-7(15(18)19)6-9(8)14(10)17/h3-4,6,17H,2,5H2,1H3,(H,12,16). The Labute approximate surface area is 107 Å². The van der Waals surface area contributed by atoms with Crippen molar-refractivity contribution in [2.45, 2.75) is 13.3 Å². The lowest BCUT2D eigenvalue weighted by Crippen LogP contribution is -2.26. The maximum Gasteiger partial charge on any atom is 0.290 e. The van der Waals surface area contributed by atoms with Crippen LogP contribution < -0.4 is 5.32 Å². The lowest BCUT2D eigenvalue weighted by molar-refractivity contribution is -0.384. The van der Waals surface area contributed by atoms with Crippen molar-refractivity contribution in [3.05, 3.63) is 34.1 Å². The summed E-state index contributed by atoms with van der Waals surface area (Å²) in [5, 5.41) is 23.1. The minimum Gasteiger partial charge on any atom is -0.426 e. The van der Waals surface area contributed by atoms with E-state index in [9.17, 15) is 20.1 Å². The molecule has 0 bridgehead atoms. The molecule has 2 N–H and O–H groups in total. The third-order valence-electron chi connectivity index (χ3n) is 2.56. The Balaban J connectivity index is 2.45. The largest absolute Gasteiger partial charge is 0.426 e. The second-order valence-corrected chi connectivity index (χ2v) is 3.93. The minimum atomic E-state index is -0.580. The number of benzene rings is 1. The van der Waals surface area contributed by atoms with E-state index in [0.29, 0.717) is 16.8 Å². The van der Waals surface area contributed by atoms with Gasteiger partial charge in [0.15, 0.2) is 0 Å². The summed E-state index contributed by atoms with van der Waals surface area (Å²) in [4.78, 5) is 25.7. The van der Waals surface area contributed by atoms with Gasteiger partial charge in [-0.1, -0.05) is 6.92 Å². The molecular weight excluding hydrogens is 252 g/mol. The van der Waals surface area contributed by atoms with E-state index in [1.807, 2.05) is 6.92 Å². The van der Waals surface area contributed by atoms with Gasteiger partial charge in [0, 0.05) is 18.7 Å². The fourth-order valence-electron chi connectivity index (χ4n) is 1.63. The van der Waals surface area contributed by atoms with Gasteiger partial charge in [0.25, 0.3) is 11.6 Å². The first-order chi connectivity index (χ1) is 9.04. The molecule has 1 amide bonds. The highest BCUT2D eigenvalue weighted by Gasteiger charge is 2.19. The molecule has 1 aromatic heterocycles. The Morgan fingerprint density at radius 1 is 1.58 bits per heavy atom. The molecule has 2 rings (SSSR count). The lowest BCUT2D eigenvalue weighted by atomic mass is 10.3. The second-order valence-electron chi connectivity index (χ2n) is 3.93. The summed E-state index contributed by atoms with van der Waals surface area (Å²) >= 11 is 0. The van der Waals surface area contributed by atoms with Crippen molar-refractivity contribution in [1.29, 1.82) is 0 Å². The third-order valence-corrected chi connectivity index (χ3v) is 2.56. The summed E-state index contributed by atoms with van der Waals surface area (Å²) in [7, 11) is 0. The van der Waals surface area contributed by atoms with Crippen LogP contribution in [0.3, 0.4) is 0 Å². The van der Waals surface area contributed by atoms with Gasteiger partial charge in [-0.25, -0.2) is 4.98 Å². The minimum absolute atomic E-state index is 0.121. The summed E-state index contributed by atoms with van der Waals surface area (Å²) in [5.74, 6) is -0.716. The Bertz CT molecular complexity index is 649. The molecule has 0 unspecified atom stereocenters. The summed E-state index contributed by atoms with van der Waals surface area (Å²) in [6.45, 7) is 2.35. The molecule has 2 aromatic rings. The van der Waals surface area contributed by atoms with Crippen molar-refractivity contribution in [1.82, 2.24) is 15.0 Å². The topological polar surface area (TPSA) is 110 Å². The normalized spacial score (nSPS) is 10.6. The number of carbonyl (C=O) groups is 1. The zero-order chi connectivity index (χ0) is 14.0. The van der Waals surface area contributed by atoms with E-state index in [1.54, 1.807) is 0 Å². The van der Waals surface area contributed by atoms with Gasteiger partial charge in [0.1, 0.15) is 5.52 Å². The number of hydrogen-bond acceptors (Lipinski definition) is 5. The fraction of sp³-hybridized carbons (Fsp3) is 0.273. The number of rotatable bonds is 4. The number of nitro groups is 1. The van der Waals surface area contributed by atoms with Crippen molar-refractivity contribution in [3.8, 4) is 0 Å². The van der Waals surface area contributed by atoms with Crippen LogP contribution in [0.4, 0.5) is 5.69 Å². The molecule has 1 aromatic carbocycles. The monoisotopic (exact) mass is 264 g/mol. The quantitative estimate of drug-likeness (QED) is 0.491. The lowest BCUT2D eigenvalue weighted by Gasteiger charge is -2.01. The van der Waals surface area contributed by atoms with E-state index in [4.69, 9.17) is 0 Å². The first-order valence-corrected chi connectivity index (χ1v) is 5.69. The fourth-order valence-corrected chi connectivity index (χ4v) is 1.63. The summed E-state index contributed by atoms with van der Waals surface area (Å²) in [5.41, 5.74) is 0.258. The first-order valence-electron chi connectivity index (χ1n) is 5.69. The third kappa shape index (κ3) is 2.32. The first kappa shape index (κ1) is 12.8. The molecule has 19 heavy (non-hydrogen) atoms. The molecule has 100 valence electrons. The highest BCUT2D eigenvalue weighted by molar-refractivity contribution is 5.94. The van der Waals surface area contributed by atoms with Crippen molar-refractivity contribution >= 4 is 22.6 Å². The van der Waals surface area contributed by atoms with E-state index in [-0.39, 0.29) is 17.0 Å².